The number of hydrogen-bond acceptors (Lipinski definition) is 2. The van der Waals surface area contributed by atoms with Crippen LogP contribution in [0.4, 0.5) is 0 Å². The summed E-state index contributed by atoms with van der Waals surface area (Å²) in [7, 11) is 0. The van der Waals surface area contributed by atoms with Gasteiger partial charge in [-0.1, -0.05) is 18.6 Å². The molecule has 2 N–H and O–H groups in total. The lowest BCUT2D eigenvalue weighted by Crippen LogP contribution is -2.38. The van der Waals surface area contributed by atoms with Crippen LogP contribution in [-0.4, -0.2) is 24.0 Å². The van der Waals surface area contributed by atoms with Gasteiger partial charge in [0.05, 0.1) is 0 Å². The standard InChI is InChI=1S/C15H21IN2/c16-13-6-4-11(5-7-13)8-18-9-12-2-1-3-15(17)14(12)10-18/h4-7,12,14-15H,1-3,8-10,17H2. The molecule has 98 valence electrons. The van der Waals surface area contributed by atoms with Gasteiger partial charge in [-0.3, -0.25) is 4.90 Å². The van der Waals surface area contributed by atoms with E-state index in [1.165, 1.54) is 41.5 Å². The van der Waals surface area contributed by atoms with E-state index in [0.717, 1.165) is 18.4 Å². The highest BCUT2D eigenvalue weighted by Crippen LogP contribution is 2.36. The average molecular weight is 356 g/mol. The van der Waals surface area contributed by atoms with Crippen molar-refractivity contribution in [3.63, 3.8) is 0 Å². The van der Waals surface area contributed by atoms with Crippen molar-refractivity contribution in [2.24, 2.45) is 17.6 Å². The normalized spacial score (nSPS) is 32.4. The molecule has 1 aromatic rings. The van der Waals surface area contributed by atoms with Crippen molar-refractivity contribution >= 4 is 22.6 Å². The summed E-state index contributed by atoms with van der Waals surface area (Å²) in [5.41, 5.74) is 7.70. The van der Waals surface area contributed by atoms with Crippen LogP contribution in [0.15, 0.2) is 24.3 Å². The minimum absolute atomic E-state index is 0.450. The molecule has 0 amide bonds. The summed E-state index contributed by atoms with van der Waals surface area (Å²) >= 11 is 2.36. The van der Waals surface area contributed by atoms with Crippen molar-refractivity contribution in [1.29, 1.82) is 0 Å². The Morgan fingerprint density at radius 2 is 1.94 bits per heavy atom. The second-order valence-corrected chi connectivity index (χ2v) is 7.08. The molecule has 1 aliphatic heterocycles. The molecule has 2 fully saturated rings. The van der Waals surface area contributed by atoms with Gasteiger partial charge >= 0.3 is 0 Å². The van der Waals surface area contributed by atoms with Crippen molar-refractivity contribution in [3.05, 3.63) is 33.4 Å². The third kappa shape index (κ3) is 2.73. The average Bonchev–Trinajstić information content (AvgIpc) is 2.76. The predicted molar refractivity (Wildman–Crippen MR) is 83.2 cm³/mol. The molecule has 0 spiro atoms. The van der Waals surface area contributed by atoms with E-state index in [4.69, 9.17) is 5.73 Å². The summed E-state index contributed by atoms with van der Waals surface area (Å²) in [4.78, 5) is 2.60. The van der Waals surface area contributed by atoms with Gasteiger partial charge in [-0.15, -0.1) is 0 Å². The Balaban J connectivity index is 1.63. The fourth-order valence-electron chi connectivity index (χ4n) is 3.59. The van der Waals surface area contributed by atoms with Crippen molar-refractivity contribution < 1.29 is 0 Å². The van der Waals surface area contributed by atoms with Crippen LogP contribution >= 0.6 is 22.6 Å². The molecule has 0 aromatic heterocycles. The molecule has 3 rings (SSSR count). The smallest absolute Gasteiger partial charge is 0.0233 e. The van der Waals surface area contributed by atoms with Crippen LogP contribution in [0, 0.1) is 15.4 Å². The molecule has 3 unspecified atom stereocenters. The molecule has 0 bridgehead atoms. The molecule has 3 atom stereocenters. The zero-order valence-electron chi connectivity index (χ0n) is 10.7. The van der Waals surface area contributed by atoms with Gasteiger partial charge in [-0.25, -0.2) is 0 Å². The largest absolute Gasteiger partial charge is 0.327 e. The van der Waals surface area contributed by atoms with Crippen LogP contribution in [0.3, 0.4) is 0 Å². The van der Waals surface area contributed by atoms with Gasteiger partial charge in [0.1, 0.15) is 0 Å². The fourth-order valence-corrected chi connectivity index (χ4v) is 3.95. The Hall–Kier alpha value is -0.130. The summed E-state index contributed by atoms with van der Waals surface area (Å²) in [6.45, 7) is 3.55. The fraction of sp³-hybridized carbons (Fsp3) is 0.600. The molecule has 0 radical (unpaired) electrons. The minimum Gasteiger partial charge on any atom is -0.327 e. The molecule has 18 heavy (non-hydrogen) atoms. The van der Waals surface area contributed by atoms with Crippen LogP contribution in [-0.2, 0) is 6.54 Å². The number of benzene rings is 1. The Labute approximate surface area is 123 Å². The molecule has 1 heterocycles. The molecular weight excluding hydrogens is 335 g/mol. The SMILES string of the molecule is NC1CCCC2CN(Cc3ccc(I)cc3)CC12. The maximum Gasteiger partial charge on any atom is 0.0233 e. The van der Waals surface area contributed by atoms with Crippen molar-refractivity contribution in [2.45, 2.75) is 31.8 Å². The zero-order chi connectivity index (χ0) is 12.5. The van der Waals surface area contributed by atoms with E-state index in [2.05, 4.69) is 51.8 Å². The van der Waals surface area contributed by atoms with E-state index >= 15 is 0 Å². The Morgan fingerprint density at radius 3 is 2.67 bits per heavy atom. The van der Waals surface area contributed by atoms with Crippen molar-refractivity contribution in [1.82, 2.24) is 4.90 Å². The first kappa shape index (κ1) is 12.9. The first-order valence-corrected chi connectivity index (χ1v) is 8.02. The van der Waals surface area contributed by atoms with Crippen LogP contribution < -0.4 is 5.73 Å². The first-order valence-electron chi connectivity index (χ1n) is 6.95. The molecule has 3 heteroatoms. The number of halogens is 1. The van der Waals surface area contributed by atoms with Gasteiger partial charge in [0, 0.05) is 29.2 Å². The van der Waals surface area contributed by atoms with E-state index in [1.807, 2.05) is 0 Å². The maximum absolute atomic E-state index is 6.27. The molecule has 1 aromatic carbocycles. The second kappa shape index (κ2) is 5.47. The monoisotopic (exact) mass is 356 g/mol. The molecule has 2 nitrogen and oxygen atoms in total. The van der Waals surface area contributed by atoms with E-state index in [9.17, 15) is 0 Å². The highest BCUT2D eigenvalue weighted by molar-refractivity contribution is 14.1. The van der Waals surface area contributed by atoms with E-state index in [0.29, 0.717) is 6.04 Å². The Bertz CT molecular complexity index is 403. The maximum atomic E-state index is 6.27. The molecule has 2 aliphatic rings. The quantitative estimate of drug-likeness (QED) is 0.826. The lowest BCUT2D eigenvalue weighted by atomic mass is 9.78. The van der Waals surface area contributed by atoms with Crippen LogP contribution in [0.1, 0.15) is 24.8 Å². The van der Waals surface area contributed by atoms with Gasteiger partial charge in [-0.05, 0) is 65.0 Å². The lowest BCUT2D eigenvalue weighted by molar-refractivity contribution is 0.259. The van der Waals surface area contributed by atoms with Crippen LogP contribution in [0.5, 0.6) is 0 Å². The highest BCUT2D eigenvalue weighted by Gasteiger charge is 2.38. The number of hydrogen-bond donors (Lipinski definition) is 1. The number of nitrogens with zero attached hydrogens (tertiary/aromatic N) is 1. The first-order chi connectivity index (χ1) is 8.72. The number of fused-ring (bicyclic) bond motifs is 1. The molecular formula is C15H21IN2. The van der Waals surface area contributed by atoms with Crippen LogP contribution in [0.2, 0.25) is 0 Å². The second-order valence-electron chi connectivity index (χ2n) is 5.84. The van der Waals surface area contributed by atoms with Gasteiger partial charge in [0.15, 0.2) is 0 Å². The van der Waals surface area contributed by atoms with Crippen molar-refractivity contribution in [3.8, 4) is 0 Å². The van der Waals surface area contributed by atoms with Gasteiger partial charge in [0.25, 0.3) is 0 Å². The topological polar surface area (TPSA) is 29.3 Å². The summed E-state index contributed by atoms with van der Waals surface area (Å²) in [6, 6.07) is 9.36. The van der Waals surface area contributed by atoms with Gasteiger partial charge in [0.2, 0.25) is 0 Å². The predicted octanol–water partition coefficient (Wildman–Crippen LogP) is 2.85. The van der Waals surface area contributed by atoms with E-state index in [-0.39, 0.29) is 0 Å². The highest BCUT2D eigenvalue weighted by atomic mass is 127. The van der Waals surface area contributed by atoms with Gasteiger partial charge < -0.3 is 5.73 Å². The number of rotatable bonds is 2. The summed E-state index contributed by atoms with van der Waals surface area (Å²) in [6.07, 6.45) is 3.96. The molecule has 1 saturated heterocycles. The number of nitrogens with two attached hydrogens (primary N) is 1. The van der Waals surface area contributed by atoms with E-state index in [1.54, 1.807) is 0 Å². The third-order valence-corrected chi connectivity index (χ3v) is 5.27. The van der Waals surface area contributed by atoms with Gasteiger partial charge in [-0.2, -0.15) is 0 Å². The molecule has 1 saturated carbocycles. The minimum atomic E-state index is 0.450. The van der Waals surface area contributed by atoms with Crippen LogP contribution in [0.25, 0.3) is 0 Å². The number of likely N-dealkylation sites (tertiary alicyclic amines) is 1. The summed E-state index contributed by atoms with van der Waals surface area (Å²) in [5, 5.41) is 0. The summed E-state index contributed by atoms with van der Waals surface area (Å²) < 4.78 is 1.31. The lowest BCUT2D eigenvalue weighted by Gasteiger charge is -2.29. The van der Waals surface area contributed by atoms with Crippen molar-refractivity contribution in [2.75, 3.05) is 13.1 Å². The molecule has 1 aliphatic carbocycles. The Morgan fingerprint density at radius 1 is 1.17 bits per heavy atom. The van der Waals surface area contributed by atoms with E-state index < -0.39 is 0 Å². The summed E-state index contributed by atoms with van der Waals surface area (Å²) in [5.74, 6) is 1.61. The zero-order valence-corrected chi connectivity index (χ0v) is 12.8. The third-order valence-electron chi connectivity index (χ3n) is 4.55. The Kier molecular flexibility index (Phi) is 3.91.